The standard InChI is InChI=1S/4C3H9O3PS/c4*1-3(2)6-7(4,5)8/h4*3H,1-2H3,(H2,4,5,8)/p-3. The van der Waals surface area contributed by atoms with E-state index in [0.717, 1.165) is 0 Å². The fourth-order valence-corrected chi connectivity index (χ4v) is 5.34. The van der Waals surface area contributed by atoms with Crippen LogP contribution in [0.4, 0.5) is 0 Å². The van der Waals surface area contributed by atoms with Crippen LogP contribution in [0.25, 0.3) is 0 Å². The van der Waals surface area contributed by atoms with Crippen LogP contribution in [-0.4, -0.2) is 44.0 Å². The van der Waals surface area contributed by atoms with Crippen molar-refractivity contribution >= 4 is 74.6 Å². The number of thiol groups is 1. The quantitative estimate of drug-likeness (QED) is 0.192. The van der Waals surface area contributed by atoms with Crippen LogP contribution in [-0.2, 0) is 58.1 Å². The molecule has 0 aromatic rings. The van der Waals surface area contributed by atoms with Crippen LogP contribution in [0.3, 0.4) is 0 Å². The van der Waals surface area contributed by atoms with Crippen LogP contribution in [0.5, 0.6) is 0 Å². The highest BCUT2D eigenvalue weighted by Crippen LogP contribution is 2.42. The van der Waals surface area contributed by atoms with E-state index in [4.69, 9.17) is 19.6 Å². The number of hydrogen-bond donors (Lipinski definition) is 5. The molecule has 32 heavy (non-hydrogen) atoms. The third-order valence-corrected chi connectivity index (χ3v) is 5.20. The van der Waals surface area contributed by atoms with Crippen molar-refractivity contribution in [3.05, 3.63) is 0 Å². The Bertz CT molecular complexity index is 540. The molecule has 0 aromatic heterocycles. The van der Waals surface area contributed by atoms with Crippen molar-refractivity contribution in [1.29, 1.82) is 0 Å². The van der Waals surface area contributed by atoms with E-state index in [-0.39, 0.29) is 24.4 Å². The fraction of sp³-hybridized carbons (Fsp3) is 1.00. The van der Waals surface area contributed by atoms with Gasteiger partial charge in [0.2, 0.25) is 0 Å². The summed E-state index contributed by atoms with van der Waals surface area (Å²) >= 11 is 15.4. The molecule has 0 fully saturated rings. The molecule has 0 rings (SSSR count). The van der Waals surface area contributed by atoms with E-state index in [2.05, 4.69) is 65.8 Å². The monoisotopic (exact) mass is 621 g/mol. The maximum Gasteiger partial charge on any atom is 0.322 e. The Morgan fingerprint density at radius 1 is 0.625 bits per heavy atom. The summed E-state index contributed by atoms with van der Waals surface area (Å²) in [6, 6.07) is 0. The van der Waals surface area contributed by atoms with E-state index >= 15 is 0 Å². The first kappa shape index (κ1) is 41.2. The zero-order valence-electron chi connectivity index (χ0n) is 18.8. The van der Waals surface area contributed by atoms with Gasteiger partial charge < -0.3 is 52.3 Å². The normalized spacial score (nSPS) is 14.1. The van der Waals surface area contributed by atoms with Crippen LogP contribution in [0.2, 0.25) is 0 Å². The van der Waals surface area contributed by atoms with Crippen molar-refractivity contribution in [2.45, 2.75) is 79.8 Å². The van der Waals surface area contributed by atoms with Crippen molar-refractivity contribution < 1.29 is 56.9 Å². The van der Waals surface area contributed by atoms with Gasteiger partial charge in [-0.15, -0.1) is 24.1 Å². The van der Waals surface area contributed by atoms with Crippen LogP contribution in [0, 0.1) is 0 Å². The molecular formula is C12H33O12P4S4-3. The van der Waals surface area contributed by atoms with Gasteiger partial charge in [-0.05, 0) is 79.0 Å². The highest BCUT2D eigenvalue weighted by molar-refractivity contribution is 8.43. The Morgan fingerprint density at radius 2 is 0.844 bits per heavy atom. The molecule has 0 bridgehead atoms. The number of hydrogen-bond acceptors (Lipinski definition) is 11. The molecule has 0 heterocycles. The van der Waals surface area contributed by atoms with Crippen LogP contribution < -0.4 is 14.7 Å². The highest BCUT2D eigenvalue weighted by Gasteiger charge is 2.09. The van der Waals surface area contributed by atoms with Gasteiger partial charge in [-0.2, -0.15) is 0 Å². The van der Waals surface area contributed by atoms with Gasteiger partial charge in [0, 0.05) is 0 Å². The van der Waals surface area contributed by atoms with Crippen LogP contribution >= 0.6 is 39.2 Å². The molecule has 0 aliphatic rings. The molecule has 0 saturated heterocycles. The van der Waals surface area contributed by atoms with Gasteiger partial charge in [0.15, 0.2) is 6.80 Å². The minimum atomic E-state index is -3.89. The topological polar surface area (TPSA) is 204 Å². The summed E-state index contributed by atoms with van der Waals surface area (Å²) in [6.45, 7) is -1.22. The van der Waals surface area contributed by atoms with Crippen molar-refractivity contribution in [3.63, 3.8) is 0 Å². The first-order chi connectivity index (χ1) is 13.7. The molecule has 12 nitrogen and oxygen atoms in total. The van der Waals surface area contributed by atoms with Gasteiger partial charge in [-0.3, -0.25) is 4.57 Å². The molecule has 0 spiro atoms. The van der Waals surface area contributed by atoms with E-state index in [1.807, 2.05) is 0 Å². The van der Waals surface area contributed by atoms with E-state index in [9.17, 15) is 19.2 Å². The zero-order chi connectivity index (χ0) is 27.1. The van der Waals surface area contributed by atoms with Gasteiger partial charge in [0.1, 0.15) is 0 Å². The van der Waals surface area contributed by atoms with Crippen molar-refractivity contribution in [1.82, 2.24) is 0 Å². The Morgan fingerprint density at radius 3 is 0.844 bits per heavy atom. The maximum atomic E-state index is 10.1. The van der Waals surface area contributed by atoms with Gasteiger partial charge in [0.05, 0.1) is 24.4 Å². The van der Waals surface area contributed by atoms with Gasteiger partial charge in [-0.25, -0.2) is 0 Å². The largest absolute Gasteiger partial charge is 0.812 e. The lowest BCUT2D eigenvalue weighted by Crippen LogP contribution is -2.18. The second-order valence-corrected chi connectivity index (χ2v) is 16.8. The second kappa shape index (κ2) is 19.2. The Kier molecular flexibility index (Phi) is 24.8. The summed E-state index contributed by atoms with van der Waals surface area (Å²) < 4.78 is 27.6. The summed E-state index contributed by atoms with van der Waals surface area (Å²) in [4.78, 5) is 64.0. The minimum Gasteiger partial charge on any atom is -0.812 e. The summed E-state index contributed by atoms with van der Waals surface area (Å²) in [5.74, 6) is 0. The van der Waals surface area contributed by atoms with E-state index in [1.54, 1.807) is 55.4 Å². The third-order valence-electron chi connectivity index (χ3n) is 1.38. The zero-order valence-corrected chi connectivity index (χ0v) is 25.7. The molecule has 4 N–H and O–H groups in total. The lowest BCUT2D eigenvalue weighted by atomic mass is 10.5. The molecular weight excluding hydrogens is 588 g/mol. The molecule has 1 atom stereocenters. The molecule has 20 heteroatoms. The maximum absolute atomic E-state index is 10.1. The van der Waals surface area contributed by atoms with Crippen LogP contribution in [0.15, 0.2) is 0 Å². The summed E-state index contributed by atoms with van der Waals surface area (Å²) in [7, 11) is 0. The summed E-state index contributed by atoms with van der Waals surface area (Å²) in [6.07, 6.45) is -1.07. The molecule has 200 valence electrons. The van der Waals surface area contributed by atoms with Gasteiger partial charge in [-0.1, -0.05) is 6.72 Å². The Labute approximate surface area is 210 Å². The fourth-order valence-electron chi connectivity index (χ4n) is 1.07. The molecule has 0 aliphatic carbocycles. The summed E-state index contributed by atoms with van der Waals surface area (Å²) in [5, 5.41) is 0. The molecule has 0 saturated carbocycles. The van der Waals surface area contributed by atoms with Crippen molar-refractivity contribution in [3.8, 4) is 0 Å². The third kappa shape index (κ3) is 63.6. The van der Waals surface area contributed by atoms with Gasteiger partial charge >= 0.3 is 13.4 Å². The Hall–Kier alpha value is 2.09. The minimum absolute atomic E-state index is 0.212. The molecule has 1 unspecified atom stereocenters. The molecule has 0 aromatic carbocycles. The first-order valence-corrected chi connectivity index (χ1v) is 19.1. The van der Waals surface area contributed by atoms with Crippen LogP contribution in [0.1, 0.15) is 55.4 Å². The van der Waals surface area contributed by atoms with Crippen molar-refractivity contribution in [2.24, 2.45) is 0 Å². The predicted molar refractivity (Wildman–Crippen MR) is 133 cm³/mol. The van der Waals surface area contributed by atoms with Crippen molar-refractivity contribution in [2.75, 3.05) is 0 Å². The SMILES string of the molecule is CC(C)OP(=O)([O-])S.CC(C)OP(O)(O)=S.CC(C)OP(O)(O)=S.CC(C)OP([O-])([O-])=S. The molecule has 0 radical (unpaired) electrons. The number of rotatable bonds is 8. The molecule has 0 aliphatic heterocycles. The Balaban J connectivity index is -0.000000163. The first-order valence-electron chi connectivity index (χ1n) is 8.57. The summed E-state index contributed by atoms with van der Waals surface area (Å²) in [5.41, 5.74) is 0. The smallest absolute Gasteiger partial charge is 0.322 e. The lowest BCUT2D eigenvalue weighted by molar-refractivity contribution is -0.323. The highest BCUT2D eigenvalue weighted by atomic mass is 32.7. The second-order valence-electron chi connectivity index (χ2n) is 6.51. The average molecular weight is 622 g/mol. The van der Waals surface area contributed by atoms with Gasteiger partial charge in [0.25, 0.3) is 0 Å². The van der Waals surface area contributed by atoms with E-state index in [1.165, 1.54) is 0 Å². The predicted octanol–water partition coefficient (Wildman–Crippen LogP) is 1.41. The molecule has 0 amide bonds. The van der Waals surface area contributed by atoms with E-state index in [0.29, 0.717) is 0 Å². The van der Waals surface area contributed by atoms with E-state index < -0.39 is 27.0 Å². The lowest BCUT2D eigenvalue weighted by Gasteiger charge is -2.35. The average Bonchev–Trinajstić information content (AvgIpc) is 2.26.